The maximum absolute atomic E-state index is 4.77. The molecule has 20 heavy (non-hydrogen) atoms. The molecular formula is C16H32N4. The molecule has 0 radical (unpaired) electrons. The van der Waals surface area contributed by atoms with Crippen molar-refractivity contribution < 1.29 is 0 Å². The van der Waals surface area contributed by atoms with Gasteiger partial charge in [-0.1, -0.05) is 13.8 Å². The van der Waals surface area contributed by atoms with Crippen LogP contribution in [0.1, 0.15) is 41.0 Å². The van der Waals surface area contributed by atoms with Crippen LogP contribution in [0.3, 0.4) is 0 Å². The summed E-state index contributed by atoms with van der Waals surface area (Å²) in [6.07, 6.45) is 1.35. The predicted octanol–water partition coefficient (Wildman–Crippen LogP) is 1.93. The maximum Gasteiger partial charge on any atom is 0.191 e. The smallest absolute Gasteiger partial charge is 0.191 e. The van der Waals surface area contributed by atoms with Crippen LogP contribution in [-0.2, 0) is 0 Å². The lowest BCUT2D eigenvalue weighted by atomic mass is 10.1. The standard InChI is InChI=1S/C16H32N4/c1-6-17-16(18-8-14-7-12(14)4)19-15-10-20(11(2)3)9-13(15)5/h11-15H,6-10H2,1-5H3,(H2,17,18,19). The van der Waals surface area contributed by atoms with Gasteiger partial charge in [0.25, 0.3) is 0 Å². The summed E-state index contributed by atoms with van der Waals surface area (Å²) in [6.45, 7) is 15.6. The van der Waals surface area contributed by atoms with Crippen LogP contribution >= 0.6 is 0 Å². The largest absolute Gasteiger partial charge is 0.357 e. The zero-order valence-corrected chi connectivity index (χ0v) is 13.8. The summed E-state index contributed by atoms with van der Waals surface area (Å²) in [5.74, 6) is 3.39. The second-order valence-electron chi connectivity index (χ2n) is 6.97. The van der Waals surface area contributed by atoms with E-state index in [1.165, 1.54) is 13.0 Å². The molecule has 116 valence electrons. The van der Waals surface area contributed by atoms with E-state index in [1.54, 1.807) is 0 Å². The molecule has 4 unspecified atom stereocenters. The van der Waals surface area contributed by atoms with E-state index in [4.69, 9.17) is 4.99 Å². The van der Waals surface area contributed by atoms with Crippen molar-refractivity contribution in [2.45, 2.75) is 53.1 Å². The van der Waals surface area contributed by atoms with Crippen LogP contribution in [0, 0.1) is 17.8 Å². The van der Waals surface area contributed by atoms with E-state index in [1.807, 2.05) is 0 Å². The first kappa shape index (κ1) is 15.6. The lowest BCUT2D eigenvalue weighted by Crippen LogP contribution is -2.47. The zero-order valence-electron chi connectivity index (χ0n) is 13.8. The molecule has 1 saturated heterocycles. The summed E-state index contributed by atoms with van der Waals surface area (Å²) < 4.78 is 0. The SMILES string of the molecule is CCNC(=NCC1CC1C)NC1CN(C(C)C)CC1C. The molecule has 4 nitrogen and oxygen atoms in total. The lowest BCUT2D eigenvalue weighted by Gasteiger charge is -2.22. The summed E-state index contributed by atoms with van der Waals surface area (Å²) in [4.78, 5) is 7.32. The molecular weight excluding hydrogens is 248 g/mol. The number of hydrogen-bond donors (Lipinski definition) is 2. The van der Waals surface area contributed by atoms with E-state index in [-0.39, 0.29) is 0 Å². The Kier molecular flexibility index (Phi) is 5.30. The Labute approximate surface area is 124 Å². The number of guanidine groups is 1. The summed E-state index contributed by atoms with van der Waals surface area (Å²) >= 11 is 0. The monoisotopic (exact) mass is 280 g/mol. The van der Waals surface area contributed by atoms with Gasteiger partial charge in [0.2, 0.25) is 0 Å². The fraction of sp³-hybridized carbons (Fsp3) is 0.938. The molecule has 0 bridgehead atoms. The van der Waals surface area contributed by atoms with Crippen LogP contribution in [-0.4, -0.2) is 49.1 Å². The Hall–Kier alpha value is -0.770. The van der Waals surface area contributed by atoms with Crippen molar-refractivity contribution in [1.29, 1.82) is 0 Å². The zero-order chi connectivity index (χ0) is 14.7. The van der Waals surface area contributed by atoms with Crippen LogP contribution in [0.2, 0.25) is 0 Å². The highest BCUT2D eigenvalue weighted by Gasteiger charge is 2.33. The first-order valence-corrected chi connectivity index (χ1v) is 8.30. The lowest BCUT2D eigenvalue weighted by molar-refractivity contribution is 0.265. The van der Waals surface area contributed by atoms with Crippen LogP contribution in [0.5, 0.6) is 0 Å². The molecule has 4 atom stereocenters. The predicted molar refractivity (Wildman–Crippen MR) is 86.0 cm³/mol. The third kappa shape index (κ3) is 4.11. The molecule has 2 aliphatic rings. The molecule has 2 N–H and O–H groups in total. The molecule has 0 aromatic carbocycles. The molecule has 4 heteroatoms. The normalized spacial score (nSPS) is 34.6. The Balaban J connectivity index is 1.87. The van der Waals surface area contributed by atoms with Gasteiger partial charge >= 0.3 is 0 Å². The van der Waals surface area contributed by atoms with E-state index in [2.05, 4.69) is 50.2 Å². The minimum atomic E-state index is 0.520. The van der Waals surface area contributed by atoms with Gasteiger partial charge in [0.05, 0.1) is 0 Å². The minimum Gasteiger partial charge on any atom is -0.357 e. The average Bonchev–Trinajstić information content (AvgIpc) is 2.97. The topological polar surface area (TPSA) is 39.7 Å². The Bertz CT molecular complexity index is 339. The van der Waals surface area contributed by atoms with Crippen molar-refractivity contribution in [2.24, 2.45) is 22.7 Å². The van der Waals surface area contributed by atoms with Crippen molar-refractivity contribution in [1.82, 2.24) is 15.5 Å². The number of aliphatic imine (C=N–C) groups is 1. The second kappa shape index (κ2) is 6.79. The number of nitrogens with one attached hydrogen (secondary N) is 2. The van der Waals surface area contributed by atoms with Gasteiger partial charge in [0.1, 0.15) is 0 Å². The fourth-order valence-electron chi connectivity index (χ4n) is 2.97. The number of likely N-dealkylation sites (tertiary alicyclic amines) is 1. The minimum absolute atomic E-state index is 0.520. The molecule has 0 amide bonds. The molecule has 1 heterocycles. The Morgan fingerprint density at radius 1 is 1.25 bits per heavy atom. The molecule has 0 spiro atoms. The highest BCUT2D eigenvalue weighted by Crippen LogP contribution is 2.37. The van der Waals surface area contributed by atoms with Gasteiger partial charge < -0.3 is 10.6 Å². The van der Waals surface area contributed by atoms with E-state index in [0.29, 0.717) is 18.0 Å². The number of nitrogens with zero attached hydrogens (tertiary/aromatic N) is 2. The van der Waals surface area contributed by atoms with Crippen molar-refractivity contribution in [3.8, 4) is 0 Å². The van der Waals surface area contributed by atoms with Gasteiger partial charge in [-0.15, -0.1) is 0 Å². The van der Waals surface area contributed by atoms with Gasteiger partial charge in [-0.05, 0) is 44.9 Å². The quantitative estimate of drug-likeness (QED) is 0.597. The Morgan fingerprint density at radius 3 is 2.45 bits per heavy atom. The molecule has 2 rings (SSSR count). The van der Waals surface area contributed by atoms with E-state index in [9.17, 15) is 0 Å². The van der Waals surface area contributed by atoms with Crippen molar-refractivity contribution >= 4 is 5.96 Å². The molecule has 1 aliphatic carbocycles. The van der Waals surface area contributed by atoms with E-state index >= 15 is 0 Å². The maximum atomic E-state index is 4.77. The molecule has 2 fully saturated rings. The fourth-order valence-corrected chi connectivity index (χ4v) is 2.97. The van der Waals surface area contributed by atoms with Crippen molar-refractivity contribution in [3.63, 3.8) is 0 Å². The first-order chi connectivity index (χ1) is 9.51. The van der Waals surface area contributed by atoms with Gasteiger partial charge in [-0.3, -0.25) is 9.89 Å². The van der Waals surface area contributed by atoms with Gasteiger partial charge in [0.15, 0.2) is 5.96 Å². The van der Waals surface area contributed by atoms with Crippen molar-refractivity contribution in [3.05, 3.63) is 0 Å². The highest BCUT2D eigenvalue weighted by atomic mass is 15.3. The Morgan fingerprint density at radius 2 is 1.95 bits per heavy atom. The van der Waals surface area contributed by atoms with Gasteiger partial charge in [-0.2, -0.15) is 0 Å². The third-order valence-electron chi connectivity index (χ3n) is 4.80. The molecule has 0 aromatic heterocycles. The van der Waals surface area contributed by atoms with Gasteiger partial charge in [-0.25, -0.2) is 0 Å². The number of rotatable bonds is 5. The van der Waals surface area contributed by atoms with Crippen LogP contribution in [0.25, 0.3) is 0 Å². The average molecular weight is 280 g/mol. The number of hydrogen-bond acceptors (Lipinski definition) is 2. The summed E-state index contributed by atoms with van der Waals surface area (Å²) in [5, 5.41) is 7.04. The highest BCUT2D eigenvalue weighted by molar-refractivity contribution is 5.80. The van der Waals surface area contributed by atoms with Crippen LogP contribution in [0.4, 0.5) is 0 Å². The van der Waals surface area contributed by atoms with E-state index < -0.39 is 0 Å². The van der Waals surface area contributed by atoms with E-state index in [0.717, 1.165) is 37.4 Å². The van der Waals surface area contributed by atoms with Crippen LogP contribution < -0.4 is 10.6 Å². The summed E-state index contributed by atoms with van der Waals surface area (Å²) in [6, 6.07) is 1.16. The van der Waals surface area contributed by atoms with Crippen LogP contribution in [0.15, 0.2) is 4.99 Å². The summed E-state index contributed by atoms with van der Waals surface area (Å²) in [7, 11) is 0. The first-order valence-electron chi connectivity index (χ1n) is 8.30. The van der Waals surface area contributed by atoms with Gasteiger partial charge in [0, 0.05) is 38.3 Å². The summed E-state index contributed by atoms with van der Waals surface area (Å²) in [5.41, 5.74) is 0. The molecule has 1 aliphatic heterocycles. The van der Waals surface area contributed by atoms with Crippen molar-refractivity contribution in [2.75, 3.05) is 26.2 Å². The molecule has 1 saturated carbocycles. The third-order valence-corrected chi connectivity index (χ3v) is 4.80. The molecule has 0 aromatic rings. The second-order valence-corrected chi connectivity index (χ2v) is 6.97.